The van der Waals surface area contributed by atoms with Gasteiger partial charge in [-0.3, -0.25) is 9.69 Å². The van der Waals surface area contributed by atoms with Crippen molar-refractivity contribution in [3.05, 3.63) is 23.5 Å². The van der Waals surface area contributed by atoms with E-state index in [9.17, 15) is 9.18 Å². The Labute approximate surface area is 123 Å². The summed E-state index contributed by atoms with van der Waals surface area (Å²) in [7, 11) is 0. The number of nitrogens with zero attached hydrogens (tertiary/aromatic N) is 2. The van der Waals surface area contributed by atoms with Crippen LogP contribution in [0.25, 0.3) is 0 Å². The van der Waals surface area contributed by atoms with Crippen LogP contribution in [-0.4, -0.2) is 43.0 Å². The molecule has 2 saturated heterocycles. The van der Waals surface area contributed by atoms with Gasteiger partial charge in [-0.15, -0.1) is 0 Å². The van der Waals surface area contributed by atoms with E-state index >= 15 is 0 Å². The summed E-state index contributed by atoms with van der Waals surface area (Å²) in [6, 6.07) is 3.17. The number of hydrogen-bond donors (Lipinski definition) is 2. The number of anilines is 2. The van der Waals surface area contributed by atoms with Gasteiger partial charge in [0.15, 0.2) is 0 Å². The third kappa shape index (κ3) is 2.68. The van der Waals surface area contributed by atoms with Crippen LogP contribution in [0.5, 0.6) is 0 Å². The van der Waals surface area contributed by atoms with Crippen LogP contribution in [0.3, 0.4) is 0 Å². The predicted octanol–water partition coefficient (Wildman–Crippen LogP) is 1.18. The van der Waals surface area contributed by atoms with Crippen molar-refractivity contribution in [2.24, 2.45) is 5.73 Å². The van der Waals surface area contributed by atoms with Crippen LogP contribution in [-0.2, 0) is 0 Å². The molecule has 0 aromatic heterocycles. The number of carbonyl (C=O) groups excluding carboxylic acids is 1. The van der Waals surface area contributed by atoms with Gasteiger partial charge in [0.2, 0.25) is 0 Å². The minimum Gasteiger partial charge on any atom is -0.398 e. The van der Waals surface area contributed by atoms with Crippen molar-refractivity contribution in [1.29, 1.82) is 0 Å². The van der Waals surface area contributed by atoms with E-state index in [0.29, 0.717) is 11.7 Å². The number of amides is 1. The van der Waals surface area contributed by atoms with Crippen LogP contribution >= 0.6 is 0 Å². The molecule has 114 valence electrons. The van der Waals surface area contributed by atoms with Crippen molar-refractivity contribution < 1.29 is 9.18 Å². The van der Waals surface area contributed by atoms with Gasteiger partial charge in [0, 0.05) is 31.4 Å². The monoisotopic (exact) mass is 292 g/mol. The van der Waals surface area contributed by atoms with E-state index in [1.165, 1.54) is 18.6 Å². The molecule has 0 bridgehead atoms. The normalized spacial score (nSPS) is 22.9. The molecule has 5 nitrogen and oxygen atoms in total. The lowest BCUT2D eigenvalue weighted by Crippen LogP contribution is -2.37. The highest BCUT2D eigenvalue weighted by atomic mass is 19.1. The maximum absolute atomic E-state index is 14.3. The van der Waals surface area contributed by atoms with Gasteiger partial charge >= 0.3 is 0 Å². The maximum Gasteiger partial charge on any atom is 0.250 e. The Hall–Kier alpha value is -1.82. The molecule has 2 aliphatic rings. The molecular formula is C15H21FN4O. The van der Waals surface area contributed by atoms with Crippen molar-refractivity contribution >= 4 is 17.3 Å². The average Bonchev–Trinajstić information content (AvgIpc) is 2.76. The Bertz CT molecular complexity index is 563. The second-order valence-corrected chi connectivity index (χ2v) is 5.89. The van der Waals surface area contributed by atoms with E-state index < -0.39 is 5.91 Å². The summed E-state index contributed by atoms with van der Waals surface area (Å²) < 4.78 is 14.3. The fourth-order valence-electron chi connectivity index (χ4n) is 3.46. The van der Waals surface area contributed by atoms with E-state index in [1.54, 1.807) is 0 Å². The number of nitrogens with two attached hydrogens (primary N) is 2. The van der Waals surface area contributed by atoms with Gasteiger partial charge < -0.3 is 16.4 Å². The van der Waals surface area contributed by atoms with Crippen LogP contribution in [0.2, 0.25) is 0 Å². The summed E-state index contributed by atoms with van der Waals surface area (Å²) in [5, 5.41) is 0. The number of benzene rings is 1. The van der Waals surface area contributed by atoms with E-state index in [1.807, 2.05) is 4.90 Å². The maximum atomic E-state index is 14.3. The Kier molecular flexibility index (Phi) is 3.71. The number of carbonyl (C=O) groups is 1. The van der Waals surface area contributed by atoms with Crippen molar-refractivity contribution in [3.63, 3.8) is 0 Å². The van der Waals surface area contributed by atoms with Crippen LogP contribution in [0.1, 0.15) is 29.6 Å². The molecule has 3 rings (SSSR count). The molecular weight excluding hydrogens is 271 g/mol. The van der Waals surface area contributed by atoms with Crippen LogP contribution in [0.15, 0.2) is 12.1 Å². The summed E-state index contributed by atoms with van der Waals surface area (Å²) in [4.78, 5) is 15.9. The minimum absolute atomic E-state index is 0.0982. The zero-order valence-corrected chi connectivity index (χ0v) is 12.0. The average molecular weight is 292 g/mol. The smallest absolute Gasteiger partial charge is 0.250 e. The van der Waals surface area contributed by atoms with E-state index in [0.717, 1.165) is 39.0 Å². The first-order chi connectivity index (χ1) is 10.1. The van der Waals surface area contributed by atoms with Gasteiger partial charge in [-0.1, -0.05) is 0 Å². The third-order valence-corrected chi connectivity index (χ3v) is 4.53. The highest BCUT2D eigenvalue weighted by molar-refractivity contribution is 5.99. The molecule has 1 atom stereocenters. The molecule has 4 N–H and O–H groups in total. The highest BCUT2D eigenvalue weighted by Crippen LogP contribution is 2.29. The molecule has 2 aliphatic heterocycles. The molecule has 0 radical (unpaired) electrons. The molecule has 21 heavy (non-hydrogen) atoms. The topological polar surface area (TPSA) is 75.6 Å². The third-order valence-electron chi connectivity index (χ3n) is 4.53. The summed E-state index contributed by atoms with van der Waals surface area (Å²) in [6.45, 7) is 3.76. The van der Waals surface area contributed by atoms with Gasteiger partial charge in [-0.05, 0) is 37.9 Å². The van der Waals surface area contributed by atoms with Crippen LogP contribution in [0.4, 0.5) is 15.8 Å². The van der Waals surface area contributed by atoms with Crippen molar-refractivity contribution in [2.75, 3.05) is 36.8 Å². The molecule has 2 fully saturated rings. The largest absolute Gasteiger partial charge is 0.398 e. The molecule has 1 aromatic carbocycles. The second kappa shape index (κ2) is 5.52. The molecule has 0 aliphatic carbocycles. The first-order valence-corrected chi connectivity index (χ1v) is 7.44. The zero-order valence-electron chi connectivity index (χ0n) is 12.0. The summed E-state index contributed by atoms with van der Waals surface area (Å²) >= 11 is 0. The van der Waals surface area contributed by atoms with Gasteiger partial charge in [0.25, 0.3) is 5.91 Å². The van der Waals surface area contributed by atoms with E-state index in [-0.39, 0.29) is 17.1 Å². The van der Waals surface area contributed by atoms with Crippen molar-refractivity contribution in [2.45, 2.75) is 25.3 Å². The van der Waals surface area contributed by atoms with Gasteiger partial charge in [0.1, 0.15) is 5.82 Å². The number of fused-ring (bicyclic) bond motifs is 1. The van der Waals surface area contributed by atoms with Crippen molar-refractivity contribution in [1.82, 2.24) is 4.90 Å². The highest BCUT2D eigenvalue weighted by Gasteiger charge is 2.30. The molecule has 1 aromatic rings. The number of nitrogen functional groups attached to an aromatic ring is 1. The Morgan fingerprint density at radius 1 is 1.24 bits per heavy atom. The first kappa shape index (κ1) is 14.1. The van der Waals surface area contributed by atoms with Crippen LogP contribution in [0, 0.1) is 5.82 Å². The van der Waals surface area contributed by atoms with Crippen molar-refractivity contribution in [3.8, 4) is 0 Å². The Morgan fingerprint density at radius 2 is 2.00 bits per heavy atom. The number of halogens is 1. The lowest BCUT2D eigenvalue weighted by molar-refractivity contribution is 0.100. The van der Waals surface area contributed by atoms with E-state index in [4.69, 9.17) is 11.5 Å². The Morgan fingerprint density at radius 3 is 2.76 bits per heavy atom. The summed E-state index contributed by atoms with van der Waals surface area (Å²) in [6.07, 6.45) is 3.34. The molecule has 1 amide bonds. The second-order valence-electron chi connectivity index (χ2n) is 5.89. The quantitative estimate of drug-likeness (QED) is 0.803. The number of primary amides is 1. The summed E-state index contributed by atoms with van der Waals surface area (Å²) in [5.74, 6) is -1.00. The predicted molar refractivity (Wildman–Crippen MR) is 80.8 cm³/mol. The number of hydrogen-bond acceptors (Lipinski definition) is 4. The summed E-state index contributed by atoms with van der Waals surface area (Å²) in [5.41, 5.74) is 11.7. The van der Waals surface area contributed by atoms with Crippen LogP contribution < -0.4 is 16.4 Å². The molecule has 1 unspecified atom stereocenters. The molecule has 0 saturated carbocycles. The SMILES string of the molecule is NC(=O)c1cc(N2CCCN3CCCC3C2)c(F)cc1N. The molecule has 0 spiro atoms. The molecule has 6 heteroatoms. The minimum atomic E-state index is -0.619. The zero-order chi connectivity index (χ0) is 15.0. The Balaban J connectivity index is 1.91. The molecule has 2 heterocycles. The standard InChI is InChI=1S/C15H21FN4O/c16-12-8-13(17)11(15(18)21)7-14(12)20-6-2-5-19-4-1-3-10(19)9-20/h7-8,10H,1-6,9,17H2,(H2,18,21). The fourth-order valence-corrected chi connectivity index (χ4v) is 3.46. The van der Waals surface area contributed by atoms with Gasteiger partial charge in [-0.25, -0.2) is 4.39 Å². The lowest BCUT2D eigenvalue weighted by Gasteiger charge is -2.28. The van der Waals surface area contributed by atoms with Gasteiger partial charge in [0.05, 0.1) is 11.3 Å². The lowest BCUT2D eigenvalue weighted by atomic mass is 10.1. The van der Waals surface area contributed by atoms with Gasteiger partial charge in [-0.2, -0.15) is 0 Å². The fraction of sp³-hybridized carbons (Fsp3) is 0.533. The first-order valence-electron chi connectivity index (χ1n) is 7.44. The van der Waals surface area contributed by atoms with E-state index in [2.05, 4.69) is 4.90 Å². The number of rotatable bonds is 2.